The van der Waals surface area contributed by atoms with Crippen LogP contribution in [0.3, 0.4) is 0 Å². The van der Waals surface area contributed by atoms with Crippen LogP contribution in [0.2, 0.25) is 0 Å². The molecule has 1 N–H and O–H groups in total. The maximum atomic E-state index is 13.0. The molecule has 9 heteroatoms. The molecule has 2 fully saturated rings. The first-order chi connectivity index (χ1) is 13.6. The van der Waals surface area contributed by atoms with Crippen molar-refractivity contribution in [3.8, 4) is 11.5 Å². The highest BCUT2D eigenvalue weighted by atomic mass is 19.4. The Morgan fingerprint density at radius 3 is 2.34 bits per heavy atom. The number of halogens is 3. The first kappa shape index (κ1) is 19.9. The van der Waals surface area contributed by atoms with Crippen molar-refractivity contribution in [3.63, 3.8) is 0 Å². The molecule has 4 rings (SSSR count). The summed E-state index contributed by atoms with van der Waals surface area (Å²) >= 11 is 0. The lowest BCUT2D eigenvalue weighted by Gasteiger charge is -2.38. The third kappa shape index (κ3) is 3.41. The molecule has 2 aromatic rings. The number of aliphatic hydroxyl groups is 1. The van der Waals surface area contributed by atoms with Crippen molar-refractivity contribution in [2.75, 3.05) is 13.1 Å². The molecule has 156 valence electrons. The molecule has 6 nitrogen and oxygen atoms in total. The zero-order valence-corrected chi connectivity index (χ0v) is 15.9. The summed E-state index contributed by atoms with van der Waals surface area (Å²) in [7, 11) is 0. The van der Waals surface area contributed by atoms with Crippen LogP contribution in [0.1, 0.15) is 38.5 Å². The van der Waals surface area contributed by atoms with E-state index in [1.54, 1.807) is 0 Å². The Labute approximate surface area is 165 Å². The molecule has 1 aliphatic heterocycles. The molecule has 1 saturated heterocycles. The predicted molar refractivity (Wildman–Crippen MR) is 96.6 cm³/mol. The quantitative estimate of drug-likeness (QED) is 0.838. The van der Waals surface area contributed by atoms with Gasteiger partial charge in [-0.2, -0.15) is 13.2 Å². The number of piperidine rings is 1. The maximum Gasteiger partial charge on any atom is 0.426 e. The summed E-state index contributed by atoms with van der Waals surface area (Å²) in [6.07, 6.45) is -2.19. The van der Waals surface area contributed by atoms with E-state index in [9.17, 15) is 23.1 Å². The lowest BCUT2D eigenvalue weighted by molar-refractivity contribution is -0.250. The third-order valence-electron chi connectivity index (χ3n) is 6.19. The molecule has 1 unspecified atom stereocenters. The Bertz CT molecular complexity index is 883. The second-order valence-electron chi connectivity index (χ2n) is 8.07. The van der Waals surface area contributed by atoms with Gasteiger partial charge in [-0.05, 0) is 50.7 Å². The van der Waals surface area contributed by atoms with Gasteiger partial charge in [0.1, 0.15) is 0 Å². The SMILES string of the molecule is CC(O)(C(=O)N1CCC(C2(c3nnc(-c4ccccc4)o3)CC2)CC1)C(F)(F)F. The highest BCUT2D eigenvalue weighted by Gasteiger charge is 2.59. The second kappa shape index (κ2) is 6.83. The molecule has 0 bridgehead atoms. The van der Waals surface area contributed by atoms with E-state index in [0.29, 0.717) is 31.5 Å². The molecule has 1 aliphatic carbocycles. The smallest absolute Gasteiger partial charge is 0.420 e. The highest BCUT2D eigenvalue weighted by molar-refractivity contribution is 5.85. The summed E-state index contributed by atoms with van der Waals surface area (Å²) in [6.45, 7) is 0.835. The number of amides is 1. The minimum atomic E-state index is -5.00. The van der Waals surface area contributed by atoms with Crippen LogP contribution in [-0.2, 0) is 10.2 Å². The van der Waals surface area contributed by atoms with E-state index in [1.807, 2.05) is 30.3 Å². The van der Waals surface area contributed by atoms with Gasteiger partial charge in [0.25, 0.3) is 5.91 Å². The van der Waals surface area contributed by atoms with Crippen LogP contribution in [0.25, 0.3) is 11.5 Å². The molecule has 29 heavy (non-hydrogen) atoms. The molecule has 1 atom stereocenters. The first-order valence-corrected chi connectivity index (χ1v) is 9.63. The van der Waals surface area contributed by atoms with Crippen LogP contribution < -0.4 is 0 Å². The number of aromatic nitrogens is 2. The number of carbonyl (C=O) groups excluding carboxylic acids is 1. The zero-order valence-electron chi connectivity index (χ0n) is 15.9. The number of likely N-dealkylation sites (tertiary alicyclic amines) is 1. The van der Waals surface area contributed by atoms with Crippen LogP contribution in [-0.4, -0.2) is 51.0 Å². The lowest BCUT2D eigenvalue weighted by atomic mass is 9.81. The number of hydrogen-bond donors (Lipinski definition) is 1. The number of hydrogen-bond acceptors (Lipinski definition) is 5. The summed E-state index contributed by atoms with van der Waals surface area (Å²) in [5, 5.41) is 18.0. The van der Waals surface area contributed by atoms with Crippen LogP contribution >= 0.6 is 0 Å². The van der Waals surface area contributed by atoms with Gasteiger partial charge in [0.2, 0.25) is 17.4 Å². The molecular formula is C20H22F3N3O3. The normalized spacial score (nSPS) is 21.6. The van der Waals surface area contributed by atoms with Crippen molar-refractivity contribution in [3.05, 3.63) is 36.2 Å². The topological polar surface area (TPSA) is 79.5 Å². The molecular weight excluding hydrogens is 387 g/mol. The minimum Gasteiger partial charge on any atom is -0.420 e. The molecule has 0 spiro atoms. The van der Waals surface area contributed by atoms with Gasteiger partial charge in [-0.25, -0.2) is 0 Å². The van der Waals surface area contributed by atoms with Gasteiger partial charge in [-0.15, -0.1) is 10.2 Å². The molecule has 1 amide bonds. The van der Waals surface area contributed by atoms with Crippen LogP contribution in [0.5, 0.6) is 0 Å². The van der Waals surface area contributed by atoms with Crippen LogP contribution in [0.15, 0.2) is 34.7 Å². The van der Waals surface area contributed by atoms with Gasteiger partial charge >= 0.3 is 6.18 Å². The van der Waals surface area contributed by atoms with Gasteiger partial charge < -0.3 is 14.4 Å². The third-order valence-corrected chi connectivity index (χ3v) is 6.19. The molecule has 1 saturated carbocycles. The average Bonchev–Trinajstić information content (AvgIpc) is 3.36. The fourth-order valence-corrected chi connectivity index (χ4v) is 4.12. The van der Waals surface area contributed by atoms with E-state index in [4.69, 9.17) is 4.42 Å². The van der Waals surface area contributed by atoms with Crippen molar-refractivity contribution in [1.29, 1.82) is 0 Å². The molecule has 2 aliphatic rings. The van der Waals surface area contributed by atoms with E-state index < -0.39 is 17.7 Å². The predicted octanol–water partition coefficient (Wildman–Crippen LogP) is 3.32. The Morgan fingerprint density at radius 2 is 1.79 bits per heavy atom. The van der Waals surface area contributed by atoms with Gasteiger partial charge in [0.05, 0.1) is 5.41 Å². The Balaban J connectivity index is 1.44. The van der Waals surface area contributed by atoms with Gasteiger partial charge in [0.15, 0.2) is 0 Å². The number of nitrogens with zero attached hydrogens (tertiary/aromatic N) is 3. The van der Waals surface area contributed by atoms with E-state index >= 15 is 0 Å². The highest BCUT2D eigenvalue weighted by Crippen LogP contribution is 2.56. The summed E-state index contributed by atoms with van der Waals surface area (Å²) < 4.78 is 44.8. The standard InChI is InChI=1S/C20H22F3N3O3/c1-18(28,20(21,22)23)17(27)26-11-7-14(8-12-26)19(9-10-19)16-25-24-15(29-16)13-5-3-2-4-6-13/h2-6,14,28H,7-12H2,1H3. The van der Waals surface area contributed by atoms with E-state index in [1.165, 1.54) is 0 Å². The minimum absolute atomic E-state index is 0.145. The first-order valence-electron chi connectivity index (χ1n) is 9.63. The van der Waals surface area contributed by atoms with Gasteiger partial charge in [0, 0.05) is 18.7 Å². The van der Waals surface area contributed by atoms with Crippen molar-refractivity contribution >= 4 is 5.91 Å². The van der Waals surface area contributed by atoms with Gasteiger partial charge in [-0.1, -0.05) is 18.2 Å². The molecule has 0 radical (unpaired) electrons. The van der Waals surface area contributed by atoms with Crippen molar-refractivity contribution < 1.29 is 27.5 Å². The summed E-state index contributed by atoms with van der Waals surface area (Å²) in [6, 6.07) is 9.43. The fraction of sp³-hybridized carbons (Fsp3) is 0.550. The van der Waals surface area contributed by atoms with E-state index in [0.717, 1.165) is 23.3 Å². The Kier molecular flexibility index (Phi) is 4.68. The van der Waals surface area contributed by atoms with E-state index in [2.05, 4.69) is 10.2 Å². The molecule has 1 aromatic heterocycles. The number of rotatable bonds is 4. The monoisotopic (exact) mass is 409 g/mol. The van der Waals surface area contributed by atoms with Gasteiger partial charge in [-0.3, -0.25) is 4.79 Å². The van der Waals surface area contributed by atoms with Crippen LogP contribution in [0.4, 0.5) is 13.2 Å². The van der Waals surface area contributed by atoms with Crippen LogP contribution in [0, 0.1) is 5.92 Å². The van der Waals surface area contributed by atoms with Crippen molar-refractivity contribution in [1.82, 2.24) is 15.1 Å². The van der Waals surface area contributed by atoms with E-state index in [-0.39, 0.29) is 24.4 Å². The summed E-state index contributed by atoms with van der Waals surface area (Å²) in [4.78, 5) is 13.3. The number of alkyl halides is 3. The Hall–Kier alpha value is -2.42. The molecule has 1 aromatic carbocycles. The number of benzene rings is 1. The van der Waals surface area contributed by atoms with Crippen molar-refractivity contribution in [2.24, 2.45) is 5.92 Å². The largest absolute Gasteiger partial charge is 0.426 e. The zero-order chi connectivity index (χ0) is 20.9. The number of carbonyl (C=O) groups is 1. The summed E-state index contributed by atoms with van der Waals surface area (Å²) in [5.74, 6) is -0.145. The fourth-order valence-electron chi connectivity index (χ4n) is 4.12. The summed E-state index contributed by atoms with van der Waals surface area (Å²) in [5.41, 5.74) is -2.80. The Morgan fingerprint density at radius 1 is 1.17 bits per heavy atom. The maximum absolute atomic E-state index is 13.0. The van der Waals surface area contributed by atoms with Crippen molar-refractivity contribution in [2.45, 2.75) is 49.8 Å². The molecule has 2 heterocycles. The average molecular weight is 409 g/mol. The lowest BCUT2D eigenvalue weighted by Crippen LogP contribution is -2.57. The second-order valence-corrected chi connectivity index (χ2v) is 8.07.